The summed E-state index contributed by atoms with van der Waals surface area (Å²) in [5.74, 6) is -0.357. The number of rotatable bonds is 16. The second kappa shape index (κ2) is 14.8. The van der Waals surface area contributed by atoms with E-state index in [1.165, 1.54) is 13.8 Å². The molecule has 1 N–H and O–H groups in total. The van der Waals surface area contributed by atoms with Crippen LogP contribution in [-0.2, 0) is 19.1 Å². The zero-order valence-electron chi connectivity index (χ0n) is 26.4. The van der Waals surface area contributed by atoms with Gasteiger partial charge in [0.05, 0.1) is 25.4 Å². The molecule has 3 rings (SSSR count). The van der Waals surface area contributed by atoms with Crippen molar-refractivity contribution in [1.82, 2.24) is 5.32 Å². The number of carbonyl (C=O) groups is 3. The van der Waals surface area contributed by atoms with Gasteiger partial charge in [0.1, 0.15) is 22.6 Å². The maximum absolute atomic E-state index is 14.0. The van der Waals surface area contributed by atoms with Crippen LogP contribution in [-0.4, -0.2) is 56.0 Å². The Hall–Kier alpha value is -3.23. The predicted octanol–water partition coefficient (Wildman–Crippen LogP) is 6.14. The average Bonchev–Trinajstić information content (AvgIpc) is 2.94. The van der Waals surface area contributed by atoms with Crippen LogP contribution in [0.25, 0.3) is 0 Å². The van der Waals surface area contributed by atoms with E-state index in [2.05, 4.69) is 5.32 Å². The Balaban J connectivity index is 1.98. The number of methoxy groups -OCH3 is 1. The average molecular weight is 582 g/mol. The van der Waals surface area contributed by atoms with Gasteiger partial charge in [-0.1, -0.05) is 37.3 Å². The lowest BCUT2D eigenvalue weighted by Gasteiger charge is -2.46. The molecule has 1 fully saturated rings. The molecule has 0 saturated heterocycles. The zero-order chi connectivity index (χ0) is 31.0. The van der Waals surface area contributed by atoms with Gasteiger partial charge in [-0.05, 0) is 76.6 Å². The fourth-order valence-electron chi connectivity index (χ4n) is 5.86. The Morgan fingerprint density at radius 2 is 1.67 bits per heavy atom. The highest BCUT2D eigenvalue weighted by molar-refractivity contribution is 6.00. The molecule has 1 aliphatic carbocycles. The van der Waals surface area contributed by atoms with E-state index in [4.69, 9.17) is 18.9 Å². The first-order valence-corrected chi connectivity index (χ1v) is 15.0. The molecule has 0 bridgehead atoms. The van der Waals surface area contributed by atoms with Gasteiger partial charge in [-0.2, -0.15) is 0 Å². The van der Waals surface area contributed by atoms with Crippen LogP contribution >= 0.6 is 0 Å². The molecule has 8 heteroatoms. The SMILES string of the molecule is CCOc1cc(C(C)C(CCOC(C)c2ccccc2)C(=O)NC2(C(C)=O)CC(OC)C2)c(C)c(OCC)c1C(C)=O. The third-order valence-corrected chi connectivity index (χ3v) is 8.49. The first kappa shape index (κ1) is 33.3. The number of amides is 1. The predicted molar refractivity (Wildman–Crippen MR) is 162 cm³/mol. The number of Topliss-reactive ketones (excluding diaryl/α,β-unsaturated/α-hetero) is 2. The number of hydrogen-bond acceptors (Lipinski definition) is 7. The van der Waals surface area contributed by atoms with Gasteiger partial charge < -0.3 is 24.3 Å². The number of ketones is 2. The van der Waals surface area contributed by atoms with E-state index in [-0.39, 0.29) is 35.6 Å². The lowest BCUT2D eigenvalue weighted by Crippen LogP contribution is -2.65. The molecule has 0 aromatic heterocycles. The molecule has 8 nitrogen and oxygen atoms in total. The smallest absolute Gasteiger partial charge is 0.224 e. The van der Waals surface area contributed by atoms with Gasteiger partial charge in [0.2, 0.25) is 5.91 Å². The van der Waals surface area contributed by atoms with Gasteiger partial charge >= 0.3 is 0 Å². The van der Waals surface area contributed by atoms with Crippen molar-refractivity contribution in [3.8, 4) is 11.5 Å². The van der Waals surface area contributed by atoms with Crippen molar-refractivity contribution >= 4 is 17.5 Å². The highest BCUT2D eigenvalue weighted by Gasteiger charge is 2.50. The summed E-state index contributed by atoms with van der Waals surface area (Å²) in [5, 5.41) is 3.10. The monoisotopic (exact) mass is 581 g/mol. The van der Waals surface area contributed by atoms with E-state index in [1.54, 1.807) is 7.11 Å². The number of carbonyl (C=O) groups excluding carboxylic acids is 3. The molecule has 1 saturated carbocycles. The number of nitrogens with one attached hydrogen (secondary N) is 1. The standard InChI is InChI=1S/C34H47NO7/c1-9-40-30-18-29(22(4)32(41-10-2)31(30)23(5)36)21(3)28(16-17-42-24(6)26-14-12-11-13-15-26)33(38)35-34(25(7)37)19-27(20-34)39-8/h11-15,18,21,24,27-28H,9-10,16-17,19-20H2,1-8H3,(H,35,38). The van der Waals surface area contributed by atoms with E-state index < -0.39 is 11.5 Å². The van der Waals surface area contributed by atoms with Crippen molar-refractivity contribution in [1.29, 1.82) is 0 Å². The molecule has 230 valence electrons. The maximum Gasteiger partial charge on any atom is 0.224 e. The topological polar surface area (TPSA) is 100 Å². The second-order valence-corrected chi connectivity index (χ2v) is 11.2. The van der Waals surface area contributed by atoms with Gasteiger partial charge in [0.25, 0.3) is 0 Å². The first-order chi connectivity index (χ1) is 20.0. The minimum Gasteiger partial charge on any atom is -0.493 e. The molecule has 2 aromatic carbocycles. The Labute approximate surface area is 250 Å². The van der Waals surface area contributed by atoms with Crippen LogP contribution in [0.3, 0.4) is 0 Å². The number of hydrogen-bond donors (Lipinski definition) is 1. The molecule has 0 aliphatic heterocycles. The Kier molecular flexibility index (Phi) is 11.7. The fraction of sp³-hybridized carbons (Fsp3) is 0.559. The largest absolute Gasteiger partial charge is 0.493 e. The number of ether oxygens (including phenoxy) is 4. The van der Waals surface area contributed by atoms with Crippen molar-refractivity contribution in [2.45, 2.75) is 91.4 Å². The lowest BCUT2D eigenvalue weighted by molar-refractivity contribution is -0.143. The van der Waals surface area contributed by atoms with Crippen molar-refractivity contribution < 1.29 is 33.3 Å². The van der Waals surface area contributed by atoms with Crippen molar-refractivity contribution in [3.63, 3.8) is 0 Å². The first-order valence-electron chi connectivity index (χ1n) is 15.0. The Bertz CT molecular complexity index is 1240. The molecule has 3 atom stereocenters. The van der Waals surface area contributed by atoms with E-state index in [9.17, 15) is 14.4 Å². The summed E-state index contributed by atoms with van der Waals surface area (Å²) in [6.45, 7) is 13.7. The minimum atomic E-state index is -0.936. The van der Waals surface area contributed by atoms with Crippen LogP contribution in [0.2, 0.25) is 0 Å². The van der Waals surface area contributed by atoms with Crippen molar-refractivity contribution in [3.05, 3.63) is 58.7 Å². The highest BCUT2D eigenvalue weighted by Crippen LogP contribution is 2.42. The molecular formula is C34H47NO7. The summed E-state index contributed by atoms with van der Waals surface area (Å²) in [7, 11) is 1.62. The molecule has 3 unspecified atom stereocenters. The highest BCUT2D eigenvalue weighted by atomic mass is 16.5. The summed E-state index contributed by atoms with van der Waals surface area (Å²) >= 11 is 0. The zero-order valence-corrected chi connectivity index (χ0v) is 26.4. The Morgan fingerprint density at radius 3 is 2.21 bits per heavy atom. The third kappa shape index (κ3) is 7.39. The van der Waals surface area contributed by atoms with Crippen LogP contribution in [0.15, 0.2) is 36.4 Å². The van der Waals surface area contributed by atoms with Gasteiger partial charge in [-0.25, -0.2) is 0 Å². The number of benzene rings is 2. The van der Waals surface area contributed by atoms with Crippen molar-refractivity contribution in [2.75, 3.05) is 26.9 Å². The van der Waals surface area contributed by atoms with E-state index >= 15 is 0 Å². The van der Waals surface area contributed by atoms with Crippen molar-refractivity contribution in [2.24, 2.45) is 5.92 Å². The van der Waals surface area contributed by atoms with Crippen LogP contribution in [0.1, 0.15) is 99.9 Å². The van der Waals surface area contributed by atoms with E-state index in [0.717, 1.165) is 16.7 Å². The normalized spacial score (nSPS) is 20.1. The molecule has 2 aromatic rings. The summed E-state index contributed by atoms with van der Waals surface area (Å²) in [4.78, 5) is 39.4. The molecular weight excluding hydrogens is 534 g/mol. The molecule has 42 heavy (non-hydrogen) atoms. The van der Waals surface area contributed by atoms with Gasteiger partial charge in [0.15, 0.2) is 11.6 Å². The summed E-state index contributed by atoms with van der Waals surface area (Å²) in [5.41, 5.74) is 2.17. The molecule has 1 aliphatic rings. The van der Waals surface area contributed by atoms with Crippen LogP contribution in [0, 0.1) is 12.8 Å². The summed E-state index contributed by atoms with van der Waals surface area (Å²) < 4.78 is 23.5. The van der Waals surface area contributed by atoms with Gasteiger partial charge in [0, 0.05) is 32.5 Å². The fourth-order valence-corrected chi connectivity index (χ4v) is 5.86. The quantitative estimate of drug-likeness (QED) is 0.238. The molecule has 0 radical (unpaired) electrons. The van der Waals surface area contributed by atoms with E-state index in [0.29, 0.717) is 56.1 Å². The molecule has 0 spiro atoms. The Morgan fingerprint density at radius 1 is 1.02 bits per heavy atom. The van der Waals surface area contributed by atoms with Crippen LogP contribution < -0.4 is 14.8 Å². The second-order valence-electron chi connectivity index (χ2n) is 11.2. The minimum absolute atomic E-state index is 0.0657. The third-order valence-electron chi connectivity index (χ3n) is 8.49. The van der Waals surface area contributed by atoms with Gasteiger partial charge in [-0.15, -0.1) is 0 Å². The maximum atomic E-state index is 14.0. The summed E-state index contributed by atoms with van der Waals surface area (Å²) in [6, 6.07) is 11.8. The molecule has 0 heterocycles. The van der Waals surface area contributed by atoms with Crippen LogP contribution in [0.5, 0.6) is 11.5 Å². The lowest BCUT2D eigenvalue weighted by atomic mass is 9.71. The summed E-state index contributed by atoms with van der Waals surface area (Å²) in [6.07, 6.45) is 1.11. The van der Waals surface area contributed by atoms with Crippen LogP contribution in [0.4, 0.5) is 0 Å². The molecule has 1 amide bonds. The van der Waals surface area contributed by atoms with Gasteiger partial charge in [-0.3, -0.25) is 14.4 Å². The van der Waals surface area contributed by atoms with E-state index in [1.807, 2.05) is 71.0 Å².